The van der Waals surface area contributed by atoms with Crippen LogP contribution in [-0.2, 0) is 11.2 Å². The van der Waals surface area contributed by atoms with Gasteiger partial charge in [0.25, 0.3) is 0 Å². The second kappa shape index (κ2) is 5.53. The van der Waals surface area contributed by atoms with Gasteiger partial charge in [-0.25, -0.2) is 0 Å². The Morgan fingerprint density at radius 3 is 2.65 bits per heavy atom. The Hall–Kier alpha value is -2.04. The molecule has 1 aromatic carbocycles. The van der Waals surface area contributed by atoms with Gasteiger partial charge in [0.1, 0.15) is 5.41 Å². The van der Waals surface area contributed by atoms with Gasteiger partial charge in [-0.15, -0.1) is 0 Å². The predicted molar refractivity (Wildman–Crippen MR) is 78.9 cm³/mol. The molecule has 0 saturated heterocycles. The van der Waals surface area contributed by atoms with Crippen molar-refractivity contribution in [3.8, 4) is 0 Å². The molecule has 0 aliphatic carbocycles. The molecule has 20 heavy (non-hydrogen) atoms. The summed E-state index contributed by atoms with van der Waals surface area (Å²) in [6.07, 6.45) is 1.87. The Morgan fingerprint density at radius 2 is 2.05 bits per heavy atom. The summed E-state index contributed by atoms with van der Waals surface area (Å²) in [4.78, 5) is 14.7. The van der Waals surface area contributed by atoms with Crippen molar-refractivity contribution in [1.29, 1.82) is 0 Å². The number of anilines is 1. The molecule has 0 radical (unpaired) electrons. The van der Waals surface area contributed by atoms with Gasteiger partial charge in [-0.05, 0) is 30.9 Å². The molecule has 0 fully saturated rings. The molecule has 5 nitrogen and oxygen atoms in total. The number of carbonyl (C=O) groups is 1. The molecular formula is C15H21N3O2. The van der Waals surface area contributed by atoms with Crippen molar-refractivity contribution in [1.82, 2.24) is 0 Å². The fourth-order valence-corrected chi connectivity index (χ4v) is 2.93. The van der Waals surface area contributed by atoms with Gasteiger partial charge in [0, 0.05) is 12.2 Å². The van der Waals surface area contributed by atoms with E-state index < -0.39 is 5.41 Å². The molecule has 2 rings (SSSR count). The monoisotopic (exact) mass is 275 g/mol. The molecule has 0 spiro atoms. The normalized spacial score (nSPS) is 15.3. The standard InChI is InChI=1S/C15H21N3O2/c1-3-15(4-2,13(16)17-20)14(19)18-10-9-11-7-5-6-8-12(11)18/h5-8,20H,3-4,9-10H2,1-2H3,(H2,16,17). The number of carbonyl (C=O) groups excluding carboxylic acids is 1. The summed E-state index contributed by atoms with van der Waals surface area (Å²) >= 11 is 0. The first-order valence-electron chi connectivity index (χ1n) is 6.98. The summed E-state index contributed by atoms with van der Waals surface area (Å²) in [7, 11) is 0. The topological polar surface area (TPSA) is 78.9 Å². The van der Waals surface area contributed by atoms with E-state index in [0.717, 1.165) is 12.1 Å². The largest absolute Gasteiger partial charge is 0.409 e. The molecule has 1 aliphatic rings. The second-order valence-electron chi connectivity index (χ2n) is 5.11. The first-order valence-corrected chi connectivity index (χ1v) is 6.98. The van der Waals surface area contributed by atoms with Crippen LogP contribution in [0.5, 0.6) is 0 Å². The van der Waals surface area contributed by atoms with E-state index in [0.29, 0.717) is 19.4 Å². The summed E-state index contributed by atoms with van der Waals surface area (Å²) in [5.41, 5.74) is 7.00. The highest BCUT2D eigenvalue weighted by atomic mass is 16.4. The minimum Gasteiger partial charge on any atom is -0.409 e. The molecule has 1 aromatic rings. The summed E-state index contributed by atoms with van der Waals surface area (Å²) < 4.78 is 0. The zero-order valence-electron chi connectivity index (χ0n) is 12.0. The van der Waals surface area contributed by atoms with Gasteiger partial charge in [-0.2, -0.15) is 0 Å². The van der Waals surface area contributed by atoms with E-state index in [1.165, 1.54) is 5.56 Å². The number of para-hydroxylation sites is 1. The summed E-state index contributed by atoms with van der Waals surface area (Å²) in [6, 6.07) is 7.88. The van der Waals surface area contributed by atoms with Crippen molar-refractivity contribution in [3.05, 3.63) is 29.8 Å². The third-order valence-electron chi connectivity index (χ3n) is 4.35. The van der Waals surface area contributed by atoms with Crippen LogP contribution in [0.4, 0.5) is 5.69 Å². The first kappa shape index (κ1) is 14.4. The fraction of sp³-hybridized carbons (Fsp3) is 0.467. The summed E-state index contributed by atoms with van der Waals surface area (Å²) in [6.45, 7) is 4.43. The number of nitrogens with zero attached hydrogens (tertiary/aromatic N) is 2. The molecule has 0 saturated carbocycles. The van der Waals surface area contributed by atoms with Crippen LogP contribution in [-0.4, -0.2) is 23.5 Å². The van der Waals surface area contributed by atoms with Crippen LogP contribution in [0, 0.1) is 5.41 Å². The molecule has 1 heterocycles. The minimum absolute atomic E-state index is 0.00289. The Balaban J connectivity index is 2.40. The van der Waals surface area contributed by atoms with Gasteiger partial charge >= 0.3 is 0 Å². The van der Waals surface area contributed by atoms with Crippen LogP contribution in [0.1, 0.15) is 32.3 Å². The molecular weight excluding hydrogens is 254 g/mol. The van der Waals surface area contributed by atoms with Gasteiger partial charge in [-0.1, -0.05) is 37.2 Å². The van der Waals surface area contributed by atoms with E-state index in [9.17, 15) is 4.79 Å². The molecule has 0 atom stereocenters. The third kappa shape index (κ3) is 2.03. The maximum atomic E-state index is 12.9. The lowest BCUT2D eigenvalue weighted by atomic mass is 9.79. The molecule has 5 heteroatoms. The Labute approximate surface area is 119 Å². The number of nitrogens with two attached hydrogens (primary N) is 1. The van der Waals surface area contributed by atoms with Crippen LogP contribution in [0.3, 0.4) is 0 Å². The van der Waals surface area contributed by atoms with Gasteiger partial charge < -0.3 is 15.8 Å². The number of amides is 1. The van der Waals surface area contributed by atoms with Crippen molar-refractivity contribution >= 4 is 17.4 Å². The Bertz CT molecular complexity index is 536. The summed E-state index contributed by atoms with van der Waals surface area (Å²) in [5.74, 6) is -0.0837. The molecule has 0 unspecified atom stereocenters. The number of rotatable bonds is 4. The van der Waals surface area contributed by atoms with Crippen LogP contribution < -0.4 is 10.6 Å². The van der Waals surface area contributed by atoms with Crippen molar-refractivity contribution in [2.75, 3.05) is 11.4 Å². The van der Waals surface area contributed by atoms with E-state index in [4.69, 9.17) is 10.9 Å². The van der Waals surface area contributed by atoms with Gasteiger partial charge in [0.05, 0.1) is 0 Å². The van der Waals surface area contributed by atoms with E-state index in [-0.39, 0.29) is 11.7 Å². The average molecular weight is 275 g/mol. The number of amidine groups is 1. The lowest BCUT2D eigenvalue weighted by molar-refractivity contribution is -0.125. The molecule has 3 N–H and O–H groups in total. The van der Waals surface area contributed by atoms with Crippen molar-refractivity contribution in [2.24, 2.45) is 16.3 Å². The van der Waals surface area contributed by atoms with E-state index in [2.05, 4.69) is 5.16 Å². The smallest absolute Gasteiger partial charge is 0.240 e. The number of hydrogen-bond donors (Lipinski definition) is 2. The molecule has 108 valence electrons. The Kier molecular flexibility index (Phi) is 3.97. The molecule has 0 aromatic heterocycles. The molecule has 1 amide bonds. The lowest BCUT2D eigenvalue weighted by Crippen LogP contribution is -2.50. The maximum absolute atomic E-state index is 12.9. The average Bonchev–Trinajstić information content (AvgIpc) is 2.92. The van der Waals surface area contributed by atoms with Crippen molar-refractivity contribution in [2.45, 2.75) is 33.1 Å². The lowest BCUT2D eigenvalue weighted by Gasteiger charge is -2.33. The fourth-order valence-electron chi connectivity index (χ4n) is 2.93. The first-order chi connectivity index (χ1) is 9.60. The minimum atomic E-state index is -0.924. The SMILES string of the molecule is CCC(CC)(C(=O)N1CCc2ccccc21)C(N)=NO. The van der Waals surface area contributed by atoms with E-state index in [1.807, 2.05) is 38.1 Å². The zero-order chi connectivity index (χ0) is 14.8. The maximum Gasteiger partial charge on any atom is 0.240 e. The number of fused-ring (bicyclic) bond motifs is 1. The van der Waals surface area contributed by atoms with Crippen LogP contribution in [0.2, 0.25) is 0 Å². The number of benzene rings is 1. The van der Waals surface area contributed by atoms with Crippen molar-refractivity contribution in [3.63, 3.8) is 0 Å². The number of hydrogen-bond acceptors (Lipinski definition) is 3. The van der Waals surface area contributed by atoms with E-state index >= 15 is 0 Å². The zero-order valence-corrected chi connectivity index (χ0v) is 12.0. The predicted octanol–water partition coefficient (Wildman–Crippen LogP) is 2.13. The van der Waals surface area contributed by atoms with E-state index in [1.54, 1.807) is 4.90 Å². The van der Waals surface area contributed by atoms with Gasteiger partial charge in [0.2, 0.25) is 5.91 Å². The highest BCUT2D eigenvalue weighted by molar-refractivity contribution is 6.13. The van der Waals surface area contributed by atoms with Crippen LogP contribution in [0.15, 0.2) is 29.4 Å². The highest BCUT2D eigenvalue weighted by Crippen LogP contribution is 2.35. The van der Waals surface area contributed by atoms with Crippen LogP contribution in [0.25, 0.3) is 0 Å². The van der Waals surface area contributed by atoms with Gasteiger partial charge in [-0.3, -0.25) is 4.79 Å². The van der Waals surface area contributed by atoms with Gasteiger partial charge in [0.15, 0.2) is 5.84 Å². The quantitative estimate of drug-likeness (QED) is 0.382. The number of oxime groups is 1. The third-order valence-corrected chi connectivity index (χ3v) is 4.35. The van der Waals surface area contributed by atoms with Crippen molar-refractivity contribution < 1.29 is 10.0 Å². The molecule has 1 aliphatic heterocycles. The Morgan fingerprint density at radius 1 is 1.40 bits per heavy atom. The highest BCUT2D eigenvalue weighted by Gasteiger charge is 2.44. The molecule has 0 bridgehead atoms. The summed E-state index contributed by atoms with van der Waals surface area (Å²) in [5, 5.41) is 12.1. The van der Waals surface area contributed by atoms with Crippen LogP contribution >= 0.6 is 0 Å². The second-order valence-corrected chi connectivity index (χ2v) is 5.11.